The van der Waals surface area contributed by atoms with E-state index in [1.807, 2.05) is 0 Å². The molecule has 0 saturated heterocycles. The number of anilines is 2. The van der Waals surface area contributed by atoms with E-state index in [0.717, 1.165) is 5.56 Å². The van der Waals surface area contributed by atoms with Crippen LogP contribution in [-0.2, 0) is 21.4 Å². The lowest BCUT2D eigenvalue weighted by atomic mass is 10.2. The van der Waals surface area contributed by atoms with E-state index in [1.54, 1.807) is 37.9 Å². The molecule has 1 aromatic carbocycles. The molecule has 0 bridgehead atoms. The van der Waals surface area contributed by atoms with Gasteiger partial charge in [-0.15, -0.1) is 0 Å². The molecule has 1 atom stereocenters. The quantitative estimate of drug-likeness (QED) is 0.530. The van der Waals surface area contributed by atoms with Gasteiger partial charge in [-0.2, -0.15) is 13.2 Å². The summed E-state index contributed by atoms with van der Waals surface area (Å²) < 4.78 is 55.2. The Bertz CT molecular complexity index is 785. The maximum Gasteiger partial charge on any atom is 0.420 e. The van der Waals surface area contributed by atoms with Crippen molar-refractivity contribution in [3.05, 3.63) is 46.7 Å². The van der Waals surface area contributed by atoms with Crippen LogP contribution in [0.3, 0.4) is 0 Å². The smallest absolute Gasteiger partial charge is 0.329 e. The maximum absolute atomic E-state index is 12.6. The van der Waals surface area contributed by atoms with Gasteiger partial charge in [0.05, 0.1) is 6.61 Å². The van der Waals surface area contributed by atoms with E-state index in [1.165, 1.54) is 0 Å². The Labute approximate surface area is 148 Å². The molecule has 0 fully saturated rings. The van der Waals surface area contributed by atoms with E-state index >= 15 is 0 Å². The highest BCUT2D eigenvalue weighted by Gasteiger charge is 2.34. The fourth-order valence-electron chi connectivity index (χ4n) is 2.08. The van der Waals surface area contributed by atoms with E-state index in [-0.39, 0.29) is 5.95 Å². The summed E-state index contributed by atoms with van der Waals surface area (Å²) in [5.74, 6) is -0.0544. The number of rotatable bonds is 6. The first kappa shape index (κ1) is 19.7. The second-order valence-corrected chi connectivity index (χ2v) is 8.27. The van der Waals surface area contributed by atoms with Gasteiger partial charge in [0.1, 0.15) is 10.7 Å². The van der Waals surface area contributed by atoms with Crippen molar-refractivity contribution < 1.29 is 22.3 Å². The Morgan fingerprint density at radius 3 is 2.44 bits per heavy atom. The molecule has 0 aliphatic heterocycles. The minimum atomic E-state index is -4.61. The molecule has 1 unspecified atom stereocenters. The fourth-order valence-corrected chi connectivity index (χ4v) is 3.83. The molecule has 10 heteroatoms. The first-order valence-electron chi connectivity index (χ1n) is 7.27. The molecule has 1 N–H and O–H groups in total. The summed E-state index contributed by atoms with van der Waals surface area (Å²) in [6.45, 7) is 3.72. The van der Waals surface area contributed by atoms with Gasteiger partial charge in [-0.1, -0.05) is 23.7 Å². The molecule has 0 amide bonds. The third kappa shape index (κ3) is 5.70. The normalized spacial score (nSPS) is 14.2. The lowest BCUT2D eigenvalue weighted by molar-refractivity contribution is -0.137. The number of hydrogen-bond donors (Lipinski definition) is 1. The third-order valence-corrected chi connectivity index (χ3v) is 5.16. The number of nitrogens with zero attached hydrogens (tertiary/aromatic N) is 2. The lowest BCUT2D eigenvalue weighted by Crippen LogP contribution is -2.09. The highest BCUT2D eigenvalue weighted by Crippen LogP contribution is 2.46. The van der Waals surface area contributed by atoms with Gasteiger partial charge in [-0.25, -0.2) is 9.97 Å². The molecule has 0 aliphatic rings. The summed E-state index contributed by atoms with van der Waals surface area (Å²) in [6.07, 6.45) is -3.68. The second kappa shape index (κ2) is 7.72. The highest BCUT2D eigenvalue weighted by molar-refractivity contribution is 7.57. The van der Waals surface area contributed by atoms with Crippen LogP contribution in [0.25, 0.3) is 0 Å². The Hall–Kier alpha value is -1.63. The van der Waals surface area contributed by atoms with Crippen molar-refractivity contribution in [1.29, 1.82) is 0 Å². The molecule has 2 aromatic rings. The van der Waals surface area contributed by atoms with Crippen molar-refractivity contribution in [2.75, 3.05) is 18.6 Å². The molecule has 2 rings (SSSR count). The molecule has 0 radical (unpaired) electrons. The van der Waals surface area contributed by atoms with E-state index in [0.29, 0.717) is 24.7 Å². The molecule has 0 spiro atoms. The molecular weight excluding hydrogens is 378 g/mol. The Morgan fingerprint density at radius 1 is 1.28 bits per heavy atom. The average molecular weight is 394 g/mol. The van der Waals surface area contributed by atoms with Crippen LogP contribution in [0, 0.1) is 0 Å². The topological polar surface area (TPSA) is 64.1 Å². The number of benzene rings is 1. The van der Waals surface area contributed by atoms with Gasteiger partial charge in [0.25, 0.3) is 0 Å². The average Bonchev–Trinajstić information content (AvgIpc) is 2.47. The summed E-state index contributed by atoms with van der Waals surface area (Å²) in [6, 6.07) is 6.83. The summed E-state index contributed by atoms with van der Waals surface area (Å²) >= 11 is 5.55. The molecule has 0 saturated carbocycles. The molecule has 1 aromatic heterocycles. The van der Waals surface area contributed by atoms with Gasteiger partial charge in [0.2, 0.25) is 13.3 Å². The molecular formula is C15H16ClF3N3O2P. The van der Waals surface area contributed by atoms with Crippen LogP contribution in [0.15, 0.2) is 30.5 Å². The van der Waals surface area contributed by atoms with Gasteiger partial charge in [0, 0.05) is 24.7 Å². The van der Waals surface area contributed by atoms with Crippen LogP contribution in [-0.4, -0.2) is 23.2 Å². The first-order valence-corrected chi connectivity index (χ1v) is 9.91. The van der Waals surface area contributed by atoms with Crippen LogP contribution in [0.2, 0.25) is 5.15 Å². The summed E-state index contributed by atoms with van der Waals surface area (Å²) in [4.78, 5) is 7.22. The SMILES string of the molecule is CCOP(C)(=O)Cc1ccc(Nc2ncc(C(F)(F)F)c(Cl)n2)cc1. The van der Waals surface area contributed by atoms with Crippen molar-refractivity contribution in [2.24, 2.45) is 0 Å². The van der Waals surface area contributed by atoms with Crippen molar-refractivity contribution in [3.8, 4) is 0 Å². The second-order valence-electron chi connectivity index (χ2n) is 5.31. The largest absolute Gasteiger partial charge is 0.420 e. The van der Waals surface area contributed by atoms with Gasteiger partial charge in [-0.3, -0.25) is 4.57 Å². The Morgan fingerprint density at radius 2 is 1.92 bits per heavy atom. The highest BCUT2D eigenvalue weighted by atomic mass is 35.5. The number of hydrogen-bond acceptors (Lipinski definition) is 5. The summed E-state index contributed by atoms with van der Waals surface area (Å²) in [7, 11) is -2.69. The standard InChI is InChI=1S/C15H16ClF3N3O2P/c1-3-24-25(2,23)9-10-4-6-11(7-5-10)21-14-20-8-12(13(16)22-14)15(17,18)19/h4-8H,3,9H2,1-2H3,(H,20,21,22). The van der Waals surface area contributed by atoms with Gasteiger partial charge < -0.3 is 9.84 Å². The predicted molar refractivity (Wildman–Crippen MR) is 90.6 cm³/mol. The molecule has 25 heavy (non-hydrogen) atoms. The molecule has 1 heterocycles. The number of aromatic nitrogens is 2. The minimum absolute atomic E-state index is 0.0544. The fraction of sp³-hybridized carbons (Fsp3) is 0.333. The van der Waals surface area contributed by atoms with Gasteiger partial charge >= 0.3 is 6.18 Å². The number of nitrogens with one attached hydrogen (secondary N) is 1. The van der Waals surface area contributed by atoms with E-state index in [9.17, 15) is 17.7 Å². The first-order chi connectivity index (χ1) is 11.6. The lowest BCUT2D eigenvalue weighted by Gasteiger charge is -2.13. The van der Waals surface area contributed by atoms with Crippen molar-refractivity contribution in [1.82, 2.24) is 9.97 Å². The third-order valence-electron chi connectivity index (χ3n) is 3.13. The van der Waals surface area contributed by atoms with Crippen LogP contribution < -0.4 is 5.32 Å². The zero-order valence-electron chi connectivity index (χ0n) is 13.5. The van der Waals surface area contributed by atoms with Gasteiger partial charge in [0.15, 0.2) is 0 Å². The van der Waals surface area contributed by atoms with Crippen LogP contribution in [0.5, 0.6) is 0 Å². The van der Waals surface area contributed by atoms with E-state index < -0.39 is 24.3 Å². The van der Waals surface area contributed by atoms with Crippen LogP contribution in [0.1, 0.15) is 18.1 Å². The summed E-state index contributed by atoms with van der Waals surface area (Å²) in [5, 5.41) is 2.09. The van der Waals surface area contributed by atoms with E-state index in [4.69, 9.17) is 16.1 Å². The Kier molecular flexibility index (Phi) is 6.08. The van der Waals surface area contributed by atoms with Crippen LogP contribution >= 0.6 is 19.0 Å². The monoisotopic (exact) mass is 393 g/mol. The van der Waals surface area contributed by atoms with Crippen molar-refractivity contribution >= 4 is 30.6 Å². The van der Waals surface area contributed by atoms with Gasteiger partial charge in [-0.05, 0) is 24.6 Å². The zero-order valence-corrected chi connectivity index (χ0v) is 15.1. The maximum atomic E-state index is 12.6. The van der Waals surface area contributed by atoms with Crippen LogP contribution in [0.4, 0.5) is 24.8 Å². The molecule has 0 aliphatic carbocycles. The molecule has 5 nitrogen and oxygen atoms in total. The molecule has 136 valence electrons. The predicted octanol–water partition coefficient (Wildman–Crippen LogP) is 5.34. The number of halogens is 4. The van der Waals surface area contributed by atoms with Crippen molar-refractivity contribution in [3.63, 3.8) is 0 Å². The Balaban J connectivity index is 2.09. The summed E-state index contributed by atoms with van der Waals surface area (Å²) in [5.41, 5.74) is 0.280. The van der Waals surface area contributed by atoms with Crippen molar-refractivity contribution in [2.45, 2.75) is 19.3 Å². The minimum Gasteiger partial charge on any atom is -0.329 e. The van der Waals surface area contributed by atoms with E-state index in [2.05, 4.69) is 15.3 Å². The number of alkyl halides is 3. The zero-order chi connectivity index (χ0) is 18.7.